The third-order valence-electron chi connectivity index (χ3n) is 5.90. The van der Waals surface area contributed by atoms with Crippen molar-refractivity contribution in [2.75, 3.05) is 45.7 Å². The standard InChI is InChI=1S/C24H27N3O7S/c1-16-24(29)25-19-15-18(6-8-20(19)34-16)35(30,31)27-12-10-26(11-13-27)23(28)9-5-17-4-7-21(32-2)22(14-17)33-3/h4-9,14-16H,10-13H2,1-3H3,(H,25,29)/b9-5+/t16-/m0/s1. The molecule has 0 spiro atoms. The van der Waals surface area contributed by atoms with Crippen molar-refractivity contribution >= 4 is 33.6 Å². The van der Waals surface area contributed by atoms with E-state index in [1.165, 1.54) is 28.6 Å². The van der Waals surface area contributed by atoms with Gasteiger partial charge >= 0.3 is 0 Å². The second-order valence-corrected chi connectivity index (χ2v) is 10.0. The van der Waals surface area contributed by atoms with Gasteiger partial charge in [-0.3, -0.25) is 9.59 Å². The fourth-order valence-corrected chi connectivity index (χ4v) is 5.32. The van der Waals surface area contributed by atoms with Crippen molar-refractivity contribution in [1.29, 1.82) is 0 Å². The number of hydrogen-bond donors (Lipinski definition) is 1. The number of anilines is 1. The van der Waals surface area contributed by atoms with Gasteiger partial charge in [0, 0.05) is 32.3 Å². The van der Waals surface area contributed by atoms with E-state index in [1.807, 2.05) is 6.07 Å². The zero-order chi connectivity index (χ0) is 25.2. The molecule has 35 heavy (non-hydrogen) atoms. The van der Waals surface area contributed by atoms with E-state index in [2.05, 4.69) is 5.32 Å². The molecule has 0 unspecified atom stereocenters. The average Bonchev–Trinajstić information content (AvgIpc) is 2.87. The number of carbonyl (C=O) groups excluding carboxylic acids is 2. The minimum absolute atomic E-state index is 0.0582. The number of ether oxygens (including phenoxy) is 3. The molecule has 2 amide bonds. The molecule has 1 atom stereocenters. The lowest BCUT2D eigenvalue weighted by atomic mass is 10.2. The predicted molar refractivity (Wildman–Crippen MR) is 129 cm³/mol. The molecule has 2 aliphatic rings. The first-order valence-electron chi connectivity index (χ1n) is 11.0. The normalized spacial score (nSPS) is 18.5. The van der Waals surface area contributed by atoms with E-state index in [9.17, 15) is 18.0 Å². The van der Waals surface area contributed by atoms with E-state index in [-0.39, 0.29) is 42.9 Å². The Morgan fingerprint density at radius 1 is 1.06 bits per heavy atom. The maximum absolute atomic E-state index is 13.2. The fourth-order valence-electron chi connectivity index (χ4n) is 3.88. The summed E-state index contributed by atoms with van der Waals surface area (Å²) in [5.74, 6) is 1.04. The predicted octanol–water partition coefficient (Wildman–Crippen LogP) is 1.97. The van der Waals surface area contributed by atoms with E-state index >= 15 is 0 Å². The van der Waals surface area contributed by atoms with Crippen molar-refractivity contribution < 1.29 is 32.2 Å². The molecule has 1 fully saturated rings. The first-order chi connectivity index (χ1) is 16.7. The number of piperazine rings is 1. The lowest BCUT2D eigenvalue weighted by molar-refractivity contribution is -0.127. The van der Waals surface area contributed by atoms with Gasteiger partial charge in [-0.25, -0.2) is 8.42 Å². The number of carbonyl (C=O) groups is 2. The summed E-state index contributed by atoms with van der Waals surface area (Å²) < 4.78 is 43.6. The van der Waals surface area contributed by atoms with Gasteiger partial charge < -0.3 is 24.4 Å². The highest BCUT2D eigenvalue weighted by molar-refractivity contribution is 7.89. The Hall–Kier alpha value is -3.57. The molecule has 11 heteroatoms. The van der Waals surface area contributed by atoms with Gasteiger partial charge in [0.05, 0.1) is 24.8 Å². The van der Waals surface area contributed by atoms with E-state index in [1.54, 1.807) is 44.3 Å². The van der Waals surface area contributed by atoms with Gasteiger partial charge in [-0.1, -0.05) is 6.07 Å². The summed E-state index contributed by atoms with van der Waals surface area (Å²) in [5.41, 5.74) is 1.10. The maximum atomic E-state index is 13.2. The van der Waals surface area contributed by atoms with Crippen molar-refractivity contribution in [3.63, 3.8) is 0 Å². The average molecular weight is 502 g/mol. The monoisotopic (exact) mass is 501 g/mol. The summed E-state index contributed by atoms with van der Waals surface area (Å²) in [4.78, 5) is 26.2. The number of methoxy groups -OCH3 is 2. The number of nitrogens with one attached hydrogen (secondary N) is 1. The van der Waals surface area contributed by atoms with Gasteiger partial charge in [0.2, 0.25) is 15.9 Å². The fraction of sp³-hybridized carbons (Fsp3) is 0.333. The second kappa shape index (κ2) is 9.96. The van der Waals surface area contributed by atoms with Gasteiger partial charge in [-0.15, -0.1) is 0 Å². The van der Waals surface area contributed by atoms with E-state index in [0.717, 1.165) is 5.56 Å². The number of rotatable bonds is 6. The molecule has 0 saturated carbocycles. The first-order valence-corrected chi connectivity index (χ1v) is 12.5. The lowest BCUT2D eigenvalue weighted by Gasteiger charge is -2.33. The smallest absolute Gasteiger partial charge is 0.265 e. The highest BCUT2D eigenvalue weighted by atomic mass is 32.2. The Labute approximate surface area is 204 Å². The third kappa shape index (κ3) is 5.10. The first kappa shape index (κ1) is 24.6. The van der Waals surface area contributed by atoms with Crippen molar-refractivity contribution in [3.05, 3.63) is 48.0 Å². The van der Waals surface area contributed by atoms with Crippen molar-refractivity contribution in [1.82, 2.24) is 9.21 Å². The summed E-state index contributed by atoms with van der Waals surface area (Å²) >= 11 is 0. The molecule has 0 aliphatic carbocycles. The number of nitrogens with zero attached hydrogens (tertiary/aromatic N) is 2. The molecule has 1 saturated heterocycles. The van der Waals surface area contributed by atoms with Gasteiger partial charge in [0.25, 0.3) is 5.91 Å². The molecule has 0 radical (unpaired) electrons. The molecule has 4 rings (SSSR count). The minimum Gasteiger partial charge on any atom is -0.493 e. The van der Waals surface area contributed by atoms with Gasteiger partial charge in [0.1, 0.15) is 5.75 Å². The van der Waals surface area contributed by atoms with Crippen LogP contribution in [-0.4, -0.2) is 75.9 Å². The quantitative estimate of drug-likeness (QED) is 0.602. The molecule has 2 heterocycles. The highest BCUT2D eigenvalue weighted by Gasteiger charge is 2.31. The van der Waals surface area contributed by atoms with Gasteiger partial charge in [-0.05, 0) is 48.9 Å². The molecule has 1 N–H and O–H groups in total. The topological polar surface area (TPSA) is 114 Å². The largest absolute Gasteiger partial charge is 0.493 e. The zero-order valence-corrected chi connectivity index (χ0v) is 20.5. The molecule has 2 aromatic rings. The Bertz CT molecular complexity index is 1270. The molecule has 10 nitrogen and oxygen atoms in total. The Kier molecular flexibility index (Phi) is 6.99. The Balaban J connectivity index is 1.39. The number of benzene rings is 2. The lowest BCUT2D eigenvalue weighted by Crippen LogP contribution is -2.50. The van der Waals surface area contributed by atoms with E-state index in [4.69, 9.17) is 14.2 Å². The summed E-state index contributed by atoms with van der Waals surface area (Å²) in [6.07, 6.45) is 2.49. The number of fused-ring (bicyclic) bond motifs is 1. The summed E-state index contributed by atoms with van der Waals surface area (Å²) in [6.45, 7) is 2.46. The van der Waals surface area contributed by atoms with E-state index in [0.29, 0.717) is 22.9 Å². The van der Waals surface area contributed by atoms with Crippen LogP contribution in [0, 0.1) is 0 Å². The molecule has 0 aromatic heterocycles. The van der Waals surface area contributed by atoms with Crippen LogP contribution in [0.25, 0.3) is 6.08 Å². The number of hydrogen-bond acceptors (Lipinski definition) is 7. The highest BCUT2D eigenvalue weighted by Crippen LogP contribution is 2.33. The van der Waals surface area contributed by atoms with Crippen LogP contribution in [0.4, 0.5) is 5.69 Å². The summed E-state index contributed by atoms with van der Waals surface area (Å²) in [6, 6.07) is 9.73. The maximum Gasteiger partial charge on any atom is 0.265 e. The van der Waals surface area contributed by atoms with Crippen molar-refractivity contribution in [2.45, 2.75) is 17.9 Å². The molecule has 0 bridgehead atoms. The second-order valence-electron chi connectivity index (χ2n) is 8.08. The van der Waals surface area contributed by atoms with Crippen LogP contribution in [0.5, 0.6) is 17.2 Å². The van der Waals surface area contributed by atoms with Crippen molar-refractivity contribution in [3.8, 4) is 17.2 Å². The zero-order valence-electron chi connectivity index (χ0n) is 19.7. The van der Waals surface area contributed by atoms with Crippen LogP contribution in [0.2, 0.25) is 0 Å². The van der Waals surface area contributed by atoms with Gasteiger partial charge in [0.15, 0.2) is 17.6 Å². The SMILES string of the molecule is COc1ccc(/C=C/C(=O)N2CCN(S(=O)(=O)c3ccc4c(c3)NC(=O)[C@H](C)O4)CC2)cc1OC. The number of amides is 2. The van der Waals surface area contributed by atoms with Gasteiger partial charge in [-0.2, -0.15) is 4.31 Å². The molecule has 2 aliphatic heterocycles. The van der Waals surface area contributed by atoms with Crippen LogP contribution in [0.15, 0.2) is 47.4 Å². The molecule has 186 valence electrons. The van der Waals surface area contributed by atoms with Crippen LogP contribution in [0.3, 0.4) is 0 Å². The molecular weight excluding hydrogens is 474 g/mol. The third-order valence-corrected chi connectivity index (χ3v) is 7.79. The number of sulfonamides is 1. The Morgan fingerprint density at radius 3 is 2.46 bits per heavy atom. The summed E-state index contributed by atoms with van der Waals surface area (Å²) in [5, 5.41) is 2.67. The summed E-state index contributed by atoms with van der Waals surface area (Å²) in [7, 11) is -0.710. The van der Waals surface area contributed by atoms with E-state index < -0.39 is 16.1 Å². The van der Waals surface area contributed by atoms with Crippen LogP contribution >= 0.6 is 0 Å². The van der Waals surface area contributed by atoms with Crippen LogP contribution < -0.4 is 19.5 Å². The molecule has 2 aromatic carbocycles. The van der Waals surface area contributed by atoms with Crippen LogP contribution in [-0.2, 0) is 19.6 Å². The molecular formula is C24H27N3O7S. The van der Waals surface area contributed by atoms with Crippen LogP contribution in [0.1, 0.15) is 12.5 Å². The minimum atomic E-state index is -3.80. The van der Waals surface area contributed by atoms with Crippen molar-refractivity contribution in [2.24, 2.45) is 0 Å². The Morgan fingerprint density at radius 2 is 1.77 bits per heavy atom.